The number of ether oxygens (including phenoxy) is 3. The maximum Gasteiger partial charge on any atom is 0.343 e. The van der Waals surface area contributed by atoms with E-state index in [-0.39, 0.29) is 22.8 Å². The van der Waals surface area contributed by atoms with Crippen LogP contribution in [0.15, 0.2) is 86.8 Å². The van der Waals surface area contributed by atoms with Crippen LogP contribution in [0, 0.1) is 0 Å². The van der Waals surface area contributed by atoms with Gasteiger partial charge in [0.05, 0.1) is 23.4 Å². The number of benzene rings is 4. The summed E-state index contributed by atoms with van der Waals surface area (Å²) in [6.07, 6.45) is 2.14. The largest absolute Gasteiger partial charge is 0.493 e. The summed E-state index contributed by atoms with van der Waals surface area (Å²) in [7, 11) is 1.39. The normalized spacial score (nSPS) is 11.1. The summed E-state index contributed by atoms with van der Waals surface area (Å²) in [6, 6.07) is 20.9. The molecule has 234 valence electrons. The third-order valence-electron chi connectivity index (χ3n) is 6.93. The number of aryl methyl sites for hydroxylation is 1. The van der Waals surface area contributed by atoms with Gasteiger partial charge in [0.2, 0.25) is 0 Å². The predicted molar refractivity (Wildman–Crippen MR) is 184 cm³/mol. The van der Waals surface area contributed by atoms with Crippen LogP contribution in [-0.2, 0) is 11.2 Å². The molecule has 1 amide bonds. The number of H-pyrrole nitrogens is 1. The molecule has 5 rings (SSSR count). The summed E-state index contributed by atoms with van der Waals surface area (Å²) in [5.41, 5.74) is 6.70. The molecule has 0 spiro atoms. The molecular weight excluding hydrogens is 742 g/mol. The number of hydrazone groups is 1. The van der Waals surface area contributed by atoms with E-state index in [1.807, 2.05) is 43.3 Å². The van der Waals surface area contributed by atoms with Gasteiger partial charge in [-0.15, -0.1) is 0 Å². The van der Waals surface area contributed by atoms with Crippen molar-refractivity contribution in [2.24, 2.45) is 5.10 Å². The van der Waals surface area contributed by atoms with Crippen molar-refractivity contribution in [1.82, 2.24) is 10.4 Å². The summed E-state index contributed by atoms with van der Waals surface area (Å²) in [6.45, 7) is 3.31. The number of para-hydroxylation sites is 1. The molecule has 46 heavy (non-hydrogen) atoms. The van der Waals surface area contributed by atoms with Crippen molar-refractivity contribution in [3.63, 3.8) is 0 Å². The Labute approximate surface area is 286 Å². The second-order valence-corrected chi connectivity index (χ2v) is 12.1. The predicted octanol–water partition coefficient (Wildman–Crippen LogP) is 8.49. The molecule has 9 nitrogen and oxygen atoms in total. The Morgan fingerprint density at radius 2 is 1.76 bits per heavy atom. The van der Waals surface area contributed by atoms with Crippen molar-refractivity contribution in [1.29, 1.82) is 0 Å². The molecule has 0 aliphatic heterocycles. The number of amides is 1. The molecule has 12 heteroatoms. The van der Waals surface area contributed by atoms with E-state index < -0.39 is 17.8 Å². The molecule has 0 fully saturated rings. The lowest BCUT2D eigenvalue weighted by atomic mass is 9.99. The number of rotatable bonds is 9. The fraction of sp³-hybridized carbons (Fsp3) is 0.118. The van der Waals surface area contributed by atoms with Gasteiger partial charge < -0.3 is 19.2 Å². The maximum absolute atomic E-state index is 13.6. The van der Waals surface area contributed by atoms with Gasteiger partial charge in [0.25, 0.3) is 5.91 Å². The molecule has 1 heterocycles. The molecule has 0 aliphatic carbocycles. The summed E-state index contributed by atoms with van der Waals surface area (Å²) in [5, 5.41) is 5.57. The number of fused-ring (bicyclic) bond motifs is 1. The Morgan fingerprint density at radius 1 is 0.978 bits per heavy atom. The average Bonchev–Trinajstić information content (AvgIpc) is 3.42. The molecule has 0 atom stereocenters. The molecule has 0 aliphatic rings. The van der Waals surface area contributed by atoms with E-state index in [9.17, 15) is 14.4 Å². The van der Waals surface area contributed by atoms with E-state index in [0.717, 1.165) is 22.9 Å². The molecule has 1 aromatic heterocycles. The first kappa shape index (κ1) is 32.9. The first-order chi connectivity index (χ1) is 22.1. The van der Waals surface area contributed by atoms with E-state index in [1.165, 1.54) is 38.4 Å². The molecule has 0 saturated carbocycles. The lowest BCUT2D eigenvalue weighted by Gasteiger charge is -2.12. The van der Waals surface area contributed by atoms with Gasteiger partial charge in [-0.2, -0.15) is 5.10 Å². The van der Waals surface area contributed by atoms with Gasteiger partial charge >= 0.3 is 11.9 Å². The minimum absolute atomic E-state index is 0.149. The van der Waals surface area contributed by atoms with Crippen LogP contribution < -0.4 is 19.6 Å². The van der Waals surface area contributed by atoms with Crippen molar-refractivity contribution in [3.8, 4) is 28.4 Å². The number of aromatic amines is 1. The van der Waals surface area contributed by atoms with Crippen molar-refractivity contribution in [2.75, 3.05) is 7.11 Å². The second kappa shape index (κ2) is 14.3. The van der Waals surface area contributed by atoms with Crippen LogP contribution in [0.25, 0.3) is 22.0 Å². The zero-order valence-corrected chi connectivity index (χ0v) is 28.7. The number of methoxy groups -OCH3 is 1. The first-order valence-electron chi connectivity index (χ1n) is 13.9. The van der Waals surface area contributed by atoms with Crippen molar-refractivity contribution in [2.45, 2.75) is 20.3 Å². The molecule has 5 aromatic rings. The van der Waals surface area contributed by atoms with Gasteiger partial charge in [0.1, 0.15) is 5.69 Å². The van der Waals surface area contributed by atoms with E-state index in [0.29, 0.717) is 36.4 Å². The van der Waals surface area contributed by atoms with Crippen LogP contribution >= 0.6 is 43.5 Å². The van der Waals surface area contributed by atoms with Gasteiger partial charge in [-0.1, -0.05) is 70.9 Å². The van der Waals surface area contributed by atoms with Crippen LogP contribution in [0.2, 0.25) is 5.02 Å². The fourth-order valence-electron chi connectivity index (χ4n) is 4.87. The number of esters is 2. The SMILES string of the molecule is CCc1cccc2c(-c3ccccc3Cl)c(C(=O)NN=Cc3cc(Br)cc(Br)c3OC(=O)c3ccc(OC(C)=O)c(OC)c3)[nH]c12. The molecule has 4 aromatic carbocycles. The Hall–Kier alpha value is -4.45. The molecular formula is C34H26Br2ClN3O6. The highest BCUT2D eigenvalue weighted by molar-refractivity contribution is 9.11. The second-order valence-electron chi connectivity index (χ2n) is 9.90. The molecule has 0 radical (unpaired) electrons. The van der Waals surface area contributed by atoms with E-state index in [1.54, 1.807) is 18.2 Å². The lowest BCUT2D eigenvalue weighted by molar-refractivity contribution is -0.132. The number of halogens is 3. The van der Waals surface area contributed by atoms with Gasteiger partial charge in [-0.3, -0.25) is 9.59 Å². The number of hydrogen-bond acceptors (Lipinski definition) is 7. The first-order valence-corrected chi connectivity index (χ1v) is 15.9. The van der Waals surface area contributed by atoms with E-state index >= 15 is 0 Å². The highest BCUT2D eigenvalue weighted by Crippen LogP contribution is 2.38. The van der Waals surface area contributed by atoms with Gasteiger partial charge in [0, 0.05) is 44.0 Å². The number of aromatic nitrogens is 1. The quantitative estimate of drug-likeness (QED) is 0.0673. The molecule has 0 bridgehead atoms. The Kier molecular flexibility index (Phi) is 10.3. The topological polar surface area (TPSA) is 119 Å². The van der Waals surface area contributed by atoms with Crippen LogP contribution in [0.3, 0.4) is 0 Å². The van der Waals surface area contributed by atoms with Crippen LogP contribution in [0.5, 0.6) is 17.2 Å². The number of carbonyl (C=O) groups excluding carboxylic acids is 3. The monoisotopic (exact) mass is 765 g/mol. The van der Waals surface area contributed by atoms with Gasteiger partial charge in [0.15, 0.2) is 17.2 Å². The Balaban J connectivity index is 1.44. The summed E-state index contributed by atoms with van der Waals surface area (Å²) in [4.78, 5) is 41.4. The van der Waals surface area contributed by atoms with Crippen molar-refractivity contribution >= 4 is 78.4 Å². The van der Waals surface area contributed by atoms with Crippen LogP contribution in [0.1, 0.15) is 45.8 Å². The minimum atomic E-state index is -0.705. The minimum Gasteiger partial charge on any atom is -0.493 e. The number of carbonyl (C=O) groups is 3. The summed E-state index contributed by atoms with van der Waals surface area (Å²) < 4.78 is 17.2. The van der Waals surface area contributed by atoms with Crippen molar-refractivity contribution in [3.05, 3.63) is 109 Å². The molecule has 0 unspecified atom stereocenters. The number of hydrogen-bond donors (Lipinski definition) is 2. The molecule has 2 N–H and O–H groups in total. The smallest absolute Gasteiger partial charge is 0.343 e. The molecule has 0 saturated heterocycles. The zero-order chi connectivity index (χ0) is 33.0. The maximum atomic E-state index is 13.6. The highest BCUT2D eigenvalue weighted by atomic mass is 79.9. The van der Waals surface area contributed by atoms with Gasteiger partial charge in [-0.05, 0) is 64.3 Å². The van der Waals surface area contributed by atoms with E-state index in [4.69, 9.17) is 25.8 Å². The van der Waals surface area contributed by atoms with Crippen LogP contribution in [0.4, 0.5) is 0 Å². The Morgan fingerprint density at radius 3 is 2.48 bits per heavy atom. The summed E-state index contributed by atoms with van der Waals surface area (Å²) >= 11 is 13.5. The number of nitrogens with one attached hydrogen (secondary N) is 2. The third-order valence-corrected chi connectivity index (χ3v) is 8.30. The standard InChI is InChI=1S/C34H26Br2ClN3O6/c1-4-19-8-7-10-24-29(23-9-5-6-11-26(23)37)31(39-30(19)24)33(42)40-38-17-21-14-22(35)16-25(36)32(21)46-34(43)20-12-13-27(45-18(2)41)28(15-20)44-3/h5-17,39H,4H2,1-3H3,(H,40,42). The average molecular weight is 768 g/mol. The number of nitrogens with zero attached hydrogens (tertiary/aromatic N) is 1. The lowest BCUT2D eigenvalue weighted by Crippen LogP contribution is -2.19. The summed E-state index contributed by atoms with van der Waals surface area (Å²) in [5.74, 6) is -1.22. The Bertz CT molecular complexity index is 2020. The van der Waals surface area contributed by atoms with Crippen LogP contribution in [-0.4, -0.2) is 36.2 Å². The fourth-order valence-corrected chi connectivity index (χ4v) is 6.44. The van der Waals surface area contributed by atoms with Gasteiger partial charge in [-0.25, -0.2) is 10.2 Å². The highest BCUT2D eigenvalue weighted by Gasteiger charge is 2.22. The zero-order valence-electron chi connectivity index (χ0n) is 24.7. The van der Waals surface area contributed by atoms with Crippen molar-refractivity contribution < 1.29 is 28.6 Å². The third kappa shape index (κ3) is 7.01. The van der Waals surface area contributed by atoms with E-state index in [2.05, 4.69) is 47.4 Å².